The molecule has 0 radical (unpaired) electrons. The van der Waals surface area contributed by atoms with E-state index in [2.05, 4.69) is 12.2 Å². The third-order valence-electron chi connectivity index (χ3n) is 9.82. The minimum Gasteiger partial charge on any atom is -0.508 e. The number of fused-ring (bicyclic) bond motifs is 3. The molecule has 13 nitrogen and oxygen atoms in total. The normalized spacial score (nSPS) is 27.3. The summed E-state index contributed by atoms with van der Waals surface area (Å²) in [5.41, 5.74) is -0.0556. The first kappa shape index (κ1) is 34.8. The number of aromatic hydroxyl groups is 1. The lowest BCUT2D eigenvalue weighted by atomic mass is 9.46. The standard InChI is InChI=1S/C33H46N4O9/c1-8-9-10-11-12-46-30(44)35-15-17-13-19(36(4)5)18-14-31(2)16-32(3)26(37(6)7)25(40)21(29(34)43)27(41)33(32,45)28(42)22(31)24(39)20(18)23(17)38/h13,26,38-39,41,45H,8-12,14-16H2,1-7H3,(H2,34,43)(H,35,44)/t26-,31+,32+,33-/m1/s1. The Morgan fingerprint density at radius 1 is 1.09 bits per heavy atom. The van der Waals surface area contributed by atoms with Crippen LogP contribution >= 0.6 is 0 Å². The number of anilines is 1. The van der Waals surface area contributed by atoms with E-state index in [1.165, 1.54) is 11.8 Å². The summed E-state index contributed by atoms with van der Waals surface area (Å²) in [7, 11) is 6.66. The minimum atomic E-state index is -2.80. The summed E-state index contributed by atoms with van der Waals surface area (Å²) in [5, 5.41) is 49.3. The van der Waals surface area contributed by atoms with Crippen LogP contribution in [-0.2, 0) is 32.1 Å². The number of amides is 2. The number of carbonyl (C=O) groups excluding carboxylic acids is 4. The first-order chi connectivity index (χ1) is 21.4. The van der Waals surface area contributed by atoms with E-state index in [9.17, 15) is 39.6 Å². The molecular formula is C33H46N4O9. The van der Waals surface area contributed by atoms with Gasteiger partial charge in [-0.25, -0.2) is 4.79 Å². The fourth-order valence-corrected chi connectivity index (χ4v) is 7.87. The molecule has 0 unspecified atom stereocenters. The number of nitrogens with zero attached hydrogens (tertiary/aromatic N) is 2. The second-order valence-electron chi connectivity index (χ2n) is 13.6. The number of ether oxygens (including phenoxy) is 1. The number of hydrogen-bond acceptors (Lipinski definition) is 11. The van der Waals surface area contributed by atoms with E-state index in [-0.39, 0.29) is 48.4 Å². The molecule has 0 bridgehead atoms. The van der Waals surface area contributed by atoms with E-state index in [4.69, 9.17) is 10.5 Å². The maximum absolute atomic E-state index is 14.5. The quantitative estimate of drug-likeness (QED) is 0.162. The van der Waals surface area contributed by atoms with Crippen molar-refractivity contribution in [1.82, 2.24) is 10.2 Å². The maximum atomic E-state index is 14.5. The van der Waals surface area contributed by atoms with Gasteiger partial charge in [0, 0.05) is 48.3 Å². The lowest BCUT2D eigenvalue weighted by molar-refractivity contribution is -0.176. The van der Waals surface area contributed by atoms with Gasteiger partial charge in [-0.2, -0.15) is 0 Å². The Balaban J connectivity index is 1.85. The average molecular weight is 643 g/mol. The van der Waals surface area contributed by atoms with Crippen LogP contribution in [0.3, 0.4) is 0 Å². The Morgan fingerprint density at radius 3 is 2.30 bits per heavy atom. The van der Waals surface area contributed by atoms with Gasteiger partial charge < -0.3 is 41.1 Å². The number of ketones is 2. The SMILES string of the molecule is CCCCCCOC(=O)NCc1cc(N(C)C)c2c(c1O)C(O)=C1C(=O)[C@]3(O)C(O)=C(C(N)=O)C(=O)[C@@H](N(C)C)[C@]3(C)C[C@]1(C)C2. The van der Waals surface area contributed by atoms with Crippen LogP contribution in [0.4, 0.5) is 10.5 Å². The Kier molecular flexibility index (Phi) is 9.26. The molecule has 3 aliphatic rings. The van der Waals surface area contributed by atoms with Crippen molar-refractivity contribution in [2.75, 3.05) is 39.7 Å². The number of likely N-dealkylation sites (N-methyl/N-ethyl adjacent to an activating group) is 1. The molecule has 1 aromatic carbocycles. The summed E-state index contributed by atoms with van der Waals surface area (Å²) in [6.07, 6.45) is 3.11. The predicted octanol–water partition coefficient (Wildman–Crippen LogP) is 2.62. The number of nitrogens with two attached hydrogens (primary N) is 1. The van der Waals surface area contributed by atoms with Gasteiger partial charge in [0.1, 0.15) is 22.8 Å². The van der Waals surface area contributed by atoms with Crippen LogP contribution in [0.5, 0.6) is 5.75 Å². The van der Waals surface area contributed by atoms with E-state index >= 15 is 0 Å². The Bertz CT molecular complexity index is 1550. The summed E-state index contributed by atoms with van der Waals surface area (Å²) in [6, 6.07) is 0.448. The lowest BCUT2D eigenvalue weighted by Gasteiger charge is -2.59. The largest absolute Gasteiger partial charge is 0.508 e. The third kappa shape index (κ3) is 5.19. The van der Waals surface area contributed by atoms with E-state index in [1.807, 2.05) is 0 Å². The van der Waals surface area contributed by atoms with Gasteiger partial charge in [0.05, 0.1) is 18.2 Å². The highest BCUT2D eigenvalue weighted by molar-refractivity contribution is 6.25. The molecular weight excluding hydrogens is 596 g/mol. The van der Waals surface area contributed by atoms with Crippen molar-refractivity contribution in [1.29, 1.82) is 0 Å². The van der Waals surface area contributed by atoms with E-state index in [0.717, 1.165) is 25.7 Å². The van der Waals surface area contributed by atoms with Gasteiger partial charge >= 0.3 is 6.09 Å². The number of phenols is 1. The van der Waals surface area contributed by atoms with Crippen LogP contribution in [0.25, 0.3) is 5.76 Å². The summed E-state index contributed by atoms with van der Waals surface area (Å²) >= 11 is 0. The molecule has 1 saturated carbocycles. The van der Waals surface area contributed by atoms with Crippen molar-refractivity contribution >= 4 is 35.0 Å². The number of carbonyl (C=O) groups is 4. The molecule has 7 N–H and O–H groups in total. The monoisotopic (exact) mass is 642 g/mol. The van der Waals surface area contributed by atoms with Crippen molar-refractivity contribution < 1.29 is 44.3 Å². The summed E-state index contributed by atoms with van der Waals surface area (Å²) < 4.78 is 5.24. The number of benzene rings is 1. The van der Waals surface area contributed by atoms with Crippen molar-refractivity contribution in [3.05, 3.63) is 39.7 Å². The van der Waals surface area contributed by atoms with Gasteiger partial charge in [0.15, 0.2) is 11.4 Å². The fourth-order valence-electron chi connectivity index (χ4n) is 7.87. The number of alkyl carbamates (subject to hydrolysis) is 1. The number of hydrogen-bond donors (Lipinski definition) is 6. The molecule has 46 heavy (non-hydrogen) atoms. The Hall–Kier alpha value is -4.10. The van der Waals surface area contributed by atoms with Gasteiger partial charge in [-0.05, 0) is 45.0 Å². The maximum Gasteiger partial charge on any atom is 0.407 e. The second kappa shape index (κ2) is 12.3. The lowest BCUT2D eigenvalue weighted by Crippen LogP contribution is -2.72. The molecule has 4 rings (SSSR count). The highest BCUT2D eigenvalue weighted by Crippen LogP contribution is 2.63. The molecule has 13 heteroatoms. The topological polar surface area (TPSA) is 203 Å². The average Bonchev–Trinajstić information content (AvgIpc) is 2.93. The second-order valence-corrected chi connectivity index (χ2v) is 13.6. The van der Waals surface area contributed by atoms with E-state index < -0.39 is 63.1 Å². The zero-order chi connectivity index (χ0) is 34.5. The zero-order valence-corrected chi connectivity index (χ0v) is 27.6. The molecule has 0 aliphatic heterocycles. The highest BCUT2D eigenvalue weighted by Gasteiger charge is 2.72. The number of unbranched alkanes of at least 4 members (excludes halogenated alkanes) is 3. The van der Waals surface area contributed by atoms with Gasteiger partial charge in [0.25, 0.3) is 5.91 Å². The summed E-state index contributed by atoms with van der Waals surface area (Å²) in [6.45, 7) is 5.39. The highest BCUT2D eigenvalue weighted by atomic mass is 16.5. The summed E-state index contributed by atoms with van der Waals surface area (Å²) in [4.78, 5) is 56.0. The van der Waals surface area contributed by atoms with Crippen LogP contribution in [-0.4, -0.2) is 95.3 Å². The first-order valence-electron chi connectivity index (χ1n) is 15.5. The Labute approximate surface area is 268 Å². The Morgan fingerprint density at radius 2 is 1.74 bits per heavy atom. The molecule has 0 saturated heterocycles. The number of primary amides is 1. The first-order valence-corrected chi connectivity index (χ1v) is 15.5. The third-order valence-corrected chi connectivity index (χ3v) is 9.82. The van der Waals surface area contributed by atoms with Crippen molar-refractivity contribution in [3.63, 3.8) is 0 Å². The van der Waals surface area contributed by atoms with E-state index in [0.29, 0.717) is 11.3 Å². The number of phenolic OH excluding ortho intramolecular Hbond substituents is 1. The van der Waals surface area contributed by atoms with Gasteiger partial charge in [-0.1, -0.05) is 40.0 Å². The van der Waals surface area contributed by atoms with Crippen molar-refractivity contribution in [2.45, 2.75) is 77.5 Å². The van der Waals surface area contributed by atoms with Crippen LogP contribution < -0.4 is 16.0 Å². The molecule has 3 aliphatic carbocycles. The van der Waals surface area contributed by atoms with Gasteiger partial charge in [-0.15, -0.1) is 0 Å². The molecule has 4 atom stereocenters. The minimum absolute atomic E-state index is 0.0569. The molecule has 0 spiro atoms. The molecule has 0 aromatic heterocycles. The fraction of sp³-hybridized carbons (Fsp3) is 0.576. The summed E-state index contributed by atoms with van der Waals surface area (Å²) in [5.74, 6) is -5.39. The van der Waals surface area contributed by atoms with Crippen LogP contribution in [0.2, 0.25) is 0 Å². The van der Waals surface area contributed by atoms with Crippen LogP contribution in [0.15, 0.2) is 23.0 Å². The zero-order valence-electron chi connectivity index (χ0n) is 27.6. The van der Waals surface area contributed by atoms with E-state index in [1.54, 1.807) is 46.1 Å². The number of rotatable bonds is 10. The molecule has 252 valence electrons. The van der Waals surface area contributed by atoms with Crippen molar-refractivity contribution in [3.8, 4) is 5.75 Å². The number of nitrogens with one attached hydrogen (secondary N) is 1. The van der Waals surface area contributed by atoms with Gasteiger partial charge in [0.2, 0.25) is 5.78 Å². The molecule has 1 aromatic rings. The van der Waals surface area contributed by atoms with Crippen LogP contribution in [0, 0.1) is 10.8 Å². The van der Waals surface area contributed by atoms with Crippen LogP contribution in [0.1, 0.15) is 69.6 Å². The molecule has 2 amide bonds. The number of aliphatic hydroxyl groups is 3. The molecule has 0 heterocycles. The predicted molar refractivity (Wildman–Crippen MR) is 170 cm³/mol. The van der Waals surface area contributed by atoms with Gasteiger partial charge in [-0.3, -0.25) is 19.3 Å². The smallest absolute Gasteiger partial charge is 0.407 e. The van der Waals surface area contributed by atoms with Crippen molar-refractivity contribution in [2.24, 2.45) is 16.6 Å². The number of Topliss-reactive ketones (excluding diaryl/α,β-unsaturated/α-hetero) is 2. The number of aliphatic hydroxyl groups excluding tert-OH is 2. The molecule has 1 fully saturated rings.